The first-order chi connectivity index (χ1) is 14.0. The maximum absolute atomic E-state index is 12.2. The van der Waals surface area contributed by atoms with Crippen LogP contribution in [-0.4, -0.2) is 38.9 Å². The van der Waals surface area contributed by atoms with Crippen molar-refractivity contribution in [1.29, 1.82) is 0 Å². The summed E-state index contributed by atoms with van der Waals surface area (Å²) in [4.78, 5) is 34.7. The monoisotopic (exact) mass is 413 g/mol. The zero-order valence-corrected chi connectivity index (χ0v) is 15.8. The largest absolute Gasteiger partial charge is 0.368 e. The van der Waals surface area contributed by atoms with E-state index in [-0.39, 0.29) is 16.3 Å². The second-order valence-electron chi connectivity index (χ2n) is 5.73. The summed E-state index contributed by atoms with van der Waals surface area (Å²) in [5.41, 5.74) is -0.00625. The fraction of sp³-hybridized carbons (Fsp3) is 0.111. The molecule has 3 N–H and O–H groups in total. The number of hydrogen-bond donors (Lipinski definition) is 3. The number of nitrogens with zero attached hydrogens (tertiary/aromatic N) is 4. The molecule has 0 unspecified atom stereocenters. The molecule has 29 heavy (non-hydrogen) atoms. The molecule has 1 aromatic carbocycles. The minimum absolute atomic E-state index is 0.0192. The fourth-order valence-corrected chi connectivity index (χ4v) is 2.61. The zero-order valence-electron chi connectivity index (χ0n) is 15.0. The lowest BCUT2D eigenvalue weighted by atomic mass is 10.2. The van der Waals surface area contributed by atoms with E-state index < -0.39 is 10.8 Å². The van der Waals surface area contributed by atoms with E-state index in [9.17, 15) is 14.9 Å². The summed E-state index contributed by atoms with van der Waals surface area (Å²) < 4.78 is 0. The number of halogens is 1. The van der Waals surface area contributed by atoms with Crippen molar-refractivity contribution in [2.24, 2.45) is 0 Å². The average molecular weight is 414 g/mol. The Labute approximate surface area is 170 Å². The summed E-state index contributed by atoms with van der Waals surface area (Å²) in [6.07, 6.45) is 3.07. The molecule has 148 valence electrons. The molecule has 0 bridgehead atoms. The van der Waals surface area contributed by atoms with Crippen LogP contribution in [0, 0.1) is 10.1 Å². The van der Waals surface area contributed by atoms with Gasteiger partial charge in [0.05, 0.1) is 15.5 Å². The van der Waals surface area contributed by atoms with Crippen molar-refractivity contribution in [2.75, 3.05) is 23.7 Å². The van der Waals surface area contributed by atoms with Crippen LogP contribution in [0.4, 0.5) is 23.1 Å². The number of amides is 1. The summed E-state index contributed by atoms with van der Waals surface area (Å²) in [5.74, 6) is 1.38. The number of carbonyl (C=O) groups excluding carboxylic acids is 1. The number of aromatic nitrogens is 3. The van der Waals surface area contributed by atoms with Crippen LogP contribution in [0.5, 0.6) is 0 Å². The molecular weight excluding hydrogens is 398 g/mol. The molecule has 1 amide bonds. The predicted molar refractivity (Wildman–Crippen MR) is 108 cm³/mol. The van der Waals surface area contributed by atoms with Gasteiger partial charge in [0.15, 0.2) is 0 Å². The van der Waals surface area contributed by atoms with Crippen LogP contribution < -0.4 is 16.0 Å². The van der Waals surface area contributed by atoms with E-state index in [1.54, 1.807) is 12.3 Å². The number of rotatable bonds is 8. The van der Waals surface area contributed by atoms with Gasteiger partial charge in [-0.1, -0.05) is 17.7 Å². The normalized spacial score (nSPS) is 10.2. The van der Waals surface area contributed by atoms with Crippen LogP contribution in [0.25, 0.3) is 0 Å². The smallest absolute Gasteiger partial charge is 0.270 e. The first-order valence-corrected chi connectivity index (χ1v) is 8.87. The Morgan fingerprint density at radius 2 is 1.86 bits per heavy atom. The van der Waals surface area contributed by atoms with Crippen LogP contribution in [-0.2, 0) is 0 Å². The summed E-state index contributed by atoms with van der Waals surface area (Å²) in [6.45, 7) is 0.690. The van der Waals surface area contributed by atoms with E-state index >= 15 is 0 Å². The van der Waals surface area contributed by atoms with Gasteiger partial charge in [0.1, 0.15) is 23.8 Å². The Hall–Kier alpha value is -3.79. The minimum Gasteiger partial charge on any atom is -0.368 e. The molecule has 0 saturated heterocycles. The van der Waals surface area contributed by atoms with Crippen molar-refractivity contribution in [3.8, 4) is 0 Å². The van der Waals surface area contributed by atoms with Crippen LogP contribution in [0.2, 0.25) is 5.02 Å². The Morgan fingerprint density at radius 3 is 2.59 bits per heavy atom. The summed E-state index contributed by atoms with van der Waals surface area (Å²) >= 11 is 5.95. The van der Waals surface area contributed by atoms with Gasteiger partial charge in [-0.15, -0.1) is 0 Å². The van der Waals surface area contributed by atoms with E-state index in [1.807, 2.05) is 18.2 Å². The van der Waals surface area contributed by atoms with Gasteiger partial charge in [-0.3, -0.25) is 14.9 Å². The van der Waals surface area contributed by atoms with E-state index in [0.717, 1.165) is 6.07 Å². The van der Waals surface area contributed by atoms with E-state index in [2.05, 4.69) is 30.9 Å². The maximum atomic E-state index is 12.2. The molecule has 0 radical (unpaired) electrons. The number of benzene rings is 1. The van der Waals surface area contributed by atoms with Gasteiger partial charge in [0.2, 0.25) is 0 Å². The number of nitro benzene ring substituents is 1. The number of nitrogens with one attached hydrogen (secondary N) is 3. The Balaban J connectivity index is 1.50. The Bertz CT molecular complexity index is 1020. The van der Waals surface area contributed by atoms with Gasteiger partial charge in [0, 0.05) is 37.5 Å². The van der Waals surface area contributed by atoms with Crippen LogP contribution >= 0.6 is 11.6 Å². The summed E-state index contributed by atoms with van der Waals surface area (Å²) in [7, 11) is 0. The standard InChI is InChI=1S/C18H16ClN7O3/c19-14-9-12(26(28)29)4-5-13(14)18(27)22-8-7-21-16-10-17(24-11-23-16)25-15-3-1-2-6-20-15/h1-6,9-11H,7-8H2,(H,22,27)(H2,20,21,23,24,25). The van der Waals surface area contributed by atoms with Gasteiger partial charge in [-0.2, -0.15) is 0 Å². The highest BCUT2D eigenvalue weighted by Gasteiger charge is 2.14. The number of anilines is 3. The van der Waals surface area contributed by atoms with Gasteiger partial charge in [-0.05, 0) is 18.2 Å². The number of hydrogen-bond acceptors (Lipinski definition) is 8. The third kappa shape index (κ3) is 5.59. The number of pyridine rings is 1. The third-order valence-corrected chi connectivity index (χ3v) is 4.03. The van der Waals surface area contributed by atoms with E-state index in [1.165, 1.54) is 18.5 Å². The molecule has 0 saturated carbocycles. The van der Waals surface area contributed by atoms with Crippen molar-refractivity contribution < 1.29 is 9.72 Å². The van der Waals surface area contributed by atoms with Crippen LogP contribution in [0.3, 0.4) is 0 Å². The quantitative estimate of drug-likeness (QED) is 0.291. The molecule has 10 nitrogen and oxygen atoms in total. The highest BCUT2D eigenvalue weighted by Crippen LogP contribution is 2.22. The average Bonchev–Trinajstić information content (AvgIpc) is 2.72. The molecule has 0 aliphatic heterocycles. The Morgan fingerprint density at radius 1 is 1.03 bits per heavy atom. The lowest BCUT2D eigenvalue weighted by Crippen LogP contribution is -2.29. The van der Waals surface area contributed by atoms with Gasteiger partial charge >= 0.3 is 0 Å². The van der Waals surface area contributed by atoms with Crippen LogP contribution in [0.1, 0.15) is 10.4 Å². The van der Waals surface area contributed by atoms with E-state index in [4.69, 9.17) is 11.6 Å². The number of carbonyl (C=O) groups is 1. The van der Waals surface area contributed by atoms with Crippen molar-refractivity contribution in [3.63, 3.8) is 0 Å². The molecule has 2 aromatic heterocycles. The second-order valence-corrected chi connectivity index (χ2v) is 6.14. The lowest BCUT2D eigenvalue weighted by molar-refractivity contribution is -0.384. The molecule has 0 fully saturated rings. The van der Waals surface area contributed by atoms with Crippen molar-refractivity contribution >= 4 is 40.6 Å². The molecule has 3 aromatic rings. The zero-order chi connectivity index (χ0) is 20.6. The maximum Gasteiger partial charge on any atom is 0.270 e. The molecule has 2 heterocycles. The molecule has 0 spiro atoms. The van der Waals surface area contributed by atoms with Crippen molar-refractivity contribution in [3.05, 3.63) is 75.7 Å². The summed E-state index contributed by atoms with van der Waals surface area (Å²) in [6, 6.07) is 10.9. The predicted octanol–water partition coefficient (Wildman–Crippen LogP) is 3.02. The van der Waals surface area contributed by atoms with Crippen molar-refractivity contribution in [2.45, 2.75) is 0 Å². The van der Waals surface area contributed by atoms with E-state index in [0.29, 0.717) is 30.5 Å². The Kier molecular flexibility index (Phi) is 6.48. The van der Waals surface area contributed by atoms with Gasteiger partial charge in [-0.25, -0.2) is 15.0 Å². The first kappa shape index (κ1) is 20.0. The highest BCUT2D eigenvalue weighted by molar-refractivity contribution is 6.34. The SMILES string of the molecule is O=C(NCCNc1cc(Nc2ccccn2)ncn1)c1ccc([N+](=O)[O-])cc1Cl. The lowest BCUT2D eigenvalue weighted by Gasteiger charge is -2.09. The molecule has 0 aliphatic carbocycles. The van der Waals surface area contributed by atoms with Gasteiger partial charge in [0.25, 0.3) is 11.6 Å². The molecular formula is C18H16ClN7O3. The number of nitro groups is 1. The third-order valence-electron chi connectivity index (χ3n) is 3.71. The molecule has 0 atom stereocenters. The molecule has 3 rings (SSSR count). The number of non-ortho nitro benzene ring substituents is 1. The minimum atomic E-state index is -0.573. The topological polar surface area (TPSA) is 135 Å². The first-order valence-electron chi connectivity index (χ1n) is 8.49. The summed E-state index contributed by atoms with van der Waals surface area (Å²) in [5, 5.41) is 19.6. The highest BCUT2D eigenvalue weighted by atomic mass is 35.5. The fourth-order valence-electron chi connectivity index (χ4n) is 2.35. The van der Waals surface area contributed by atoms with Crippen molar-refractivity contribution in [1.82, 2.24) is 20.3 Å². The molecule has 0 aliphatic rings. The van der Waals surface area contributed by atoms with Gasteiger partial charge < -0.3 is 16.0 Å². The molecule has 11 heteroatoms. The second kappa shape index (κ2) is 9.42. The van der Waals surface area contributed by atoms with Crippen LogP contribution in [0.15, 0.2) is 55.0 Å².